The molecule has 1 saturated heterocycles. The van der Waals surface area contributed by atoms with E-state index in [0.29, 0.717) is 12.0 Å². The van der Waals surface area contributed by atoms with E-state index in [9.17, 15) is 4.79 Å². The summed E-state index contributed by atoms with van der Waals surface area (Å²) in [6.45, 7) is 2.36. The average Bonchev–Trinajstić information content (AvgIpc) is 2.44. The first-order valence-electron chi connectivity index (χ1n) is 5.04. The number of carbonyl (C=O) groups excluding carboxylic acids is 1. The van der Waals surface area contributed by atoms with Crippen LogP contribution in [0.1, 0.15) is 32.6 Å². The Morgan fingerprint density at radius 1 is 1.46 bits per heavy atom. The second-order valence-electron chi connectivity index (χ2n) is 4.01. The van der Waals surface area contributed by atoms with E-state index in [4.69, 9.17) is 9.47 Å². The van der Waals surface area contributed by atoms with Crippen LogP contribution in [0.4, 0.5) is 0 Å². The monoisotopic (exact) mass is 184 g/mol. The molecule has 2 rings (SSSR count). The lowest BCUT2D eigenvalue weighted by atomic mass is 9.97. The summed E-state index contributed by atoms with van der Waals surface area (Å²) in [5.41, 5.74) is 0. The summed E-state index contributed by atoms with van der Waals surface area (Å²) in [6.07, 6.45) is 4.79. The van der Waals surface area contributed by atoms with Gasteiger partial charge in [-0.25, -0.2) is 0 Å². The molecule has 3 nitrogen and oxygen atoms in total. The van der Waals surface area contributed by atoms with Gasteiger partial charge in [-0.15, -0.1) is 0 Å². The van der Waals surface area contributed by atoms with Crippen molar-refractivity contribution >= 4 is 5.97 Å². The summed E-state index contributed by atoms with van der Waals surface area (Å²) in [5.74, 6) is 0.474. The van der Waals surface area contributed by atoms with Crippen molar-refractivity contribution in [2.75, 3.05) is 6.61 Å². The highest BCUT2D eigenvalue weighted by Crippen LogP contribution is 2.36. The van der Waals surface area contributed by atoms with Gasteiger partial charge >= 0.3 is 5.97 Å². The molecule has 1 aliphatic heterocycles. The van der Waals surface area contributed by atoms with Crippen molar-refractivity contribution in [1.82, 2.24) is 0 Å². The van der Waals surface area contributed by atoms with Crippen LogP contribution >= 0.6 is 0 Å². The maximum atomic E-state index is 10.7. The van der Waals surface area contributed by atoms with Crippen LogP contribution in [-0.2, 0) is 14.3 Å². The number of esters is 1. The van der Waals surface area contributed by atoms with E-state index in [2.05, 4.69) is 0 Å². The Morgan fingerprint density at radius 3 is 3.00 bits per heavy atom. The molecule has 0 radical (unpaired) electrons. The number of rotatable bonds is 1. The fraction of sp³-hybridized carbons (Fsp3) is 0.900. The van der Waals surface area contributed by atoms with Crippen LogP contribution < -0.4 is 0 Å². The molecule has 1 saturated carbocycles. The van der Waals surface area contributed by atoms with Crippen molar-refractivity contribution in [3.05, 3.63) is 0 Å². The van der Waals surface area contributed by atoms with Crippen molar-refractivity contribution in [2.24, 2.45) is 5.92 Å². The molecule has 3 atom stereocenters. The van der Waals surface area contributed by atoms with Gasteiger partial charge in [-0.05, 0) is 25.2 Å². The summed E-state index contributed by atoms with van der Waals surface area (Å²) < 4.78 is 10.8. The third-order valence-electron chi connectivity index (χ3n) is 2.97. The Bertz CT molecular complexity index is 188. The van der Waals surface area contributed by atoms with E-state index in [1.807, 2.05) is 0 Å². The van der Waals surface area contributed by atoms with Crippen LogP contribution in [0, 0.1) is 5.92 Å². The molecule has 13 heavy (non-hydrogen) atoms. The van der Waals surface area contributed by atoms with Crippen LogP contribution in [0.5, 0.6) is 0 Å². The zero-order chi connectivity index (χ0) is 9.26. The third-order valence-corrected chi connectivity index (χ3v) is 2.97. The lowest BCUT2D eigenvalue weighted by Crippen LogP contribution is -2.24. The molecular weight excluding hydrogens is 168 g/mol. The average molecular weight is 184 g/mol. The molecule has 74 valence electrons. The van der Waals surface area contributed by atoms with Gasteiger partial charge in [0.2, 0.25) is 0 Å². The Labute approximate surface area is 78.4 Å². The molecule has 0 spiro atoms. The topological polar surface area (TPSA) is 35.5 Å². The van der Waals surface area contributed by atoms with Gasteiger partial charge in [-0.2, -0.15) is 0 Å². The van der Waals surface area contributed by atoms with Gasteiger partial charge in [-0.1, -0.05) is 0 Å². The number of hydrogen-bond donors (Lipinski definition) is 0. The standard InChI is InChI=1S/C10H16O3/c1-7(11)13-9-5-8-3-2-4-12-10(8)6-9/h8-10H,2-6H2,1H3. The Kier molecular flexibility index (Phi) is 2.54. The Morgan fingerprint density at radius 2 is 2.31 bits per heavy atom. The molecule has 0 aromatic heterocycles. The highest BCUT2D eigenvalue weighted by Gasteiger charge is 2.38. The first-order chi connectivity index (χ1) is 6.25. The van der Waals surface area contributed by atoms with Crippen molar-refractivity contribution in [3.8, 4) is 0 Å². The van der Waals surface area contributed by atoms with Crippen molar-refractivity contribution < 1.29 is 14.3 Å². The van der Waals surface area contributed by atoms with Crippen molar-refractivity contribution in [1.29, 1.82) is 0 Å². The molecule has 0 bridgehead atoms. The normalized spacial score (nSPS) is 38.4. The summed E-state index contributed by atoms with van der Waals surface area (Å²) in [4.78, 5) is 10.7. The van der Waals surface area contributed by atoms with E-state index >= 15 is 0 Å². The van der Waals surface area contributed by atoms with Gasteiger partial charge in [0.15, 0.2) is 0 Å². The Balaban J connectivity index is 1.87. The minimum atomic E-state index is -0.163. The van der Waals surface area contributed by atoms with Crippen LogP contribution in [-0.4, -0.2) is 24.8 Å². The predicted octanol–water partition coefficient (Wildman–Crippen LogP) is 1.51. The number of fused-ring (bicyclic) bond motifs is 1. The van der Waals surface area contributed by atoms with Gasteiger partial charge in [-0.3, -0.25) is 4.79 Å². The highest BCUT2D eigenvalue weighted by atomic mass is 16.5. The van der Waals surface area contributed by atoms with E-state index < -0.39 is 0 Å². The molecule has 2 fully saturated rings. The fourth-order valence-electron chi connectivity index (χ4n) is 2.46. The molecule has 3 heteroatoms. The van der Waals surface area contributed by atoms with Crippen LogP contribution in [0.3, 0.4) is 0 Å². The largest absolute Gasteiger partial charge is 0.462 e. The quantitative estimate of drug-likeness (QED) is 0.579. The zero-order valence-corrected chi connectivity index (χ0v) is 7.99. The van der Waals surface area contributed by atoms with E-state index in [1.165, 1.54) is 13.3 Å². The van der Waals surface area contributed by atoms with Crippen molar-refractivity contribution in [2.45, 2.75) is 44.8 Å². The number of carbonyl (C=O) groups is 1. The highest BCUT2D eigenvalue weighted by molar-refractivity contribution is 5.66. The SMILES string of the molecule is CC(=O)OC1CC2CCCOC2C1. The first-order valence-corrected chi connectivity index (χ1v) is 5.04. The van der Waals surface area contributed by atoms with Gasteiger partial charge in [0.1, 0.15) is 6.10 Å². The molecule has 1 heterocycles. The van der Waals surface area contributed by atoms with Gasteiger partial charge in [0, 0.05) is 20.0 Å². The predicted molar refractivity (Wildman–Crippen MR) is 47.3 cm³/mol. The summed E-state index contributed by atoms with van der Waals surface area (Å²) in [5, 5.41) is 0. The lowest BCUT2D eigenvalue weighted by Gasteiger charge is -2.24. The number of hydrogen-bond acceptors (Lipinski definition) is 3. The summed E-state index contributed by atoms with van der Waals surface area (Å²) in [6, 6.07) is 0. The third kappa shape index (κ3) is 2.02. The first kappa shape index (κ1) is 9.00. The zero-order valence-electron chi connectivity index (χ0n) is 7.99. The van der Waals surface area contributed by atoms with Crippen molar-refractivity contribution in [3.63, 3.8) is 0 Å². The smallest absolute Gasteiger partial charge is 0.302 e. The van der Waals surface area contributed by atoms with Gasteiger partial charge in [0.25, 0.3) is 0 Å². The molecule has 0 N–H and O–H groups in total. The fourth-order valence-corrected chi connectivity index (χ4v) is 2.46. The summed E-state index contributed by atoms with van der Waals surface area (Å²) >= 11 is 0. The minimum absolute atomic E-state index is 0.116. The molecule has 0 aromatic carbocycles. The Hall–Kier alpha value is -0.570. The molecule has 0 aromatic rings. The lowest BCUT2D eigenvalue weighted by molar-refractivity contribution is -0.146. The van der Waals surface area contributed by atoms with Gasteiger partial charge < -0.3 is 9.47 Å². The van der Waals surface area contributed by atoms with Crippen LogP contribution in [0.25, 0.3) is 0 Å². The molecule has 0 amide bonds. The maximum Gasteiger partial charge on any atom is 0.302 e. The van der Waals surface area contributed by atoms with Gasteiger partial charge in [0.05, 0.1) is 6.10 Å². The van der Waals surface area contributed by atoms with E-state index in [0.717, 1.165) is 25.9 Å². The minimum Gasteiger partial charge on any atom is -0.462 e. The molecule has 2 aliphatic rings. The van der Waals surface area contributed by atoms with E-state index in [-0.39, 0.29) is 12.1 Å². The molecule has 1 aliphatic carbocycles. The van der Waals surface area contributed by atoms with Crippen LogP contribution in [0.2, 0.25) is 0 Å². The summed E-state index contributed by atoms with van der Waals surface area (Å²) in [7, 11) is 0. The maximum absolute atomic E-state index is 10.7. The van der Waals surface area contributed by atoms with E-state index in [1.54, 1.807) is 0 Å². The second-order valence-corrected chi connectivity index (χ2v) is 4.01. The number of ether oxygens (including phenoxy) is 2. The van der Waals surface area contributed by atoms with Crippen LogP contribution in [0.15, 0.2) is 0 Å². The second kappa shape index (κ2) is 3.66. The molecular formula is C10H16O3. The molecule has 3 unspecified atom stereocenters.